The van der Waals surface area contributed by atoms with Gasteiger partial charge in [-0.25, -0.2) is 0 Å². The van der Waals surface area contributed by atoms with E-state index in [1.807, 2.05) is 135 Å². The van der Waals surface area contributed by atoms with E-state index in [4.69, 9.17) is 27.9 Å². The second kappa shape index (κ2) is 17.1. The molecule has 4 aromatic rings. The summed E-state index contributed by atoms with van der Waals surface area (Å²) in [6, 6.07) is 39.1. The molecule has 0 unspecified atom stereocenters. The summed E-state index contributed by atoms with van der Waals surface area (Å²) in [5.41, 5.74) is -0.0949. The van der Waals surface area contributed by atoms with Crippen LogP contribution in [0.3, 0.4) is 0 Å². The van der Waals surface area contributed by atoms with Gasteiger partial charge in [-0.1, -0.05) is 0 Å². The third-order valence-corrected chi connectivity index (χ3v) is 25.0. The van der Waals surface area contributed by atoms with E-state index >= 15 is 4.79 Å². The van der Waals surface area contributed by atoms with Crippen LogP contribution in [0.5, 0.6) is 0 Å². The van der Waals surface area contributed by atoms with Gasteiger partial charge in [0.15, 0.2) is 0 Å². The number of rotatable bonds is 12. The molecule has 280 valence electrons. The summed E-state index contributed by atoms with van der Waals surface area (Å²) < 4.78 is 30.7. The topological polar surface area (TPSA) is 71.1 Å². The van der Waals surface area contributed by atoms with Gasteiger partial charge in [-0.15, -0.1) is 0 Å². The van der Waals surface area contributed by atoms with Crippen LogP contribution in [0.1, 0.15) is 88.5 Å². The first-order valence-corrected chi connectivity index (χ1v) is 28.9. The number of unbranched alkanes of at least 4 members (excludes halogenated alkanes) is 2. The zero-order chi connectivity index (χ0) is 37.5. The fourth-order valence-corrected chi connectivity index (χ4v) is 22.4. The average molecular weight is 844 g/mol. The zero-order valence-electron chi connectivity index (χ0n) is 31.5. The molecule has 6 rings (SSSR count). The summed E-state index contributed by atoms with van der Waals surface area (Å²) in [5, 5.41) is 0. The Labute approximate surface area is 323 Å². The van der Waals surface area contributed by atoms with Crippen LogP contribution in [-0.2, 0) is 39.7 Å². The minimum atomic E-state index is -3.38. The van der Waals surface area contributed by atoms with Crippen LogP contribution < -0.4 is 0 Å². The van der Waals surface area contributed by atoms with Gasteiger partial charge in [-0.05, 0) is 0 Å². The van der Waals surface area contributed by atoms with Crippen LogP contribution in [-0.4, -0.2) is 47.2 Å². The molecule has 2 saturated heterocycles. The summed E-state index contributed by atoms with van der Waals surface area (Å²) in [7, 11) is 7.71. The number of carbonyl (C=O) groups excluding carboxylic acids is 2. The van der Waals surface area contributed by atoms with E-state index in [0.717, 1.165) is 56.8 Å². The molecule has 2 aliphatic rings. The number of carbonyl (C=O) groups is 2. The van der Waals surface area contributed by atoms with E-state index in [0.29, 0.717) is 4.44 Å². The van der Waals surface area contributed by atoms with Gasteiger partial charge in [0.25, 0.3) is 0 Å². The first kappa shape index (κ1) is 39.5. The summed E-state index contributed by atoms with van der Waals surface area (Å²) >= 11 is -3.38. The van der Waals surface area contributed by atoms with Gasteiger partial charge in [0.05, 0.1) is 0 Å². The summed E-state index contributed by atoms with van der Waals surface area (Å²) in [5.74, 6) is -2.55. The van der Waals surface area contributed by atoms with Crippen molar-refractivity contribution in [3.05, 3.63) is 144 Å². The van der Waals surface area contributed by atoms with Crippen LogP contribution >= 0.6 is 8.92 Å². The van der Waals surface area contributed by atoms with Crippen LogP contribution in [0.15, 0.2) is 121 Å². The predicted molar refractivity (Wildman–Crippen MR) is 212 cm³/mol. The molecule has 2 aliphatic heterocycles. The molecule has 2 heterocycles. The minimum absolute atomic E-state index is 0.0207. The van der Waals surface area contributed by atoms with E-state index in [2.05, 4.69) is 13.8 Å². The van der Waals surface area contributed by atoms with Crippen molar-refractivity contribution in [2.45, 2.75) is 109 Å². The number of esters is 2. The van der Waals surface area contributed by atoms with E-state index in [1.165, 1.54) is 0 Å². The molecule has 3 atom stereocenters. The number of hydrogen-bond donors (Lipinski definition) is 0. The number of halogens is 1. The molecule has 0 aliphatic carbocycles. The Bertz CT molecular complexity index is 1700. The molecule has 53 heavy (non-hydrogen) atoms. The molecule has 2 fully saturated rings. The maximum atomic E-state index is 15.2. The van der Waals surface area contributed by atoms with Crippen molar-refractivity contribution in [1.82, 2.24) is 0 Å². The molecule has 8 heteroatoms. The number of benzene rings is 4. The molecule has 6 nitrogen and oxygen atoms in total. The zero-order valence-corrected chi connectivity index (χ0v) is 35.1. The molecular weight excluding hydrogens is 791 g/mol. The second-order valence-electron chi connectivity index (χ2n) is 15.1. The molecule has 0 saturated carbocycles. The number of fused-ring (bicyclic) bond motifs is 1. The van der Waals surface area contributed by atoms with Crippen LogP contribution in [0.2, 0.25) is 13.3 Å². The molecule has 0 amide bonds. The Balaban J connectivity index is 1.64. The number of hydrogen-bond acceptors (Lipinski definition) is 6. The van der Waals surface area contributed by atoms with E-state index < -0.39 is 58.3 Å². The van der Waals surface area contributed by atoms with Gasteiger partial charge in [-0.3, -0.25) is 0 Å². The van der Waals surface area contributed by atoms with Crippen molar-refractivity contribution in [3.8, 4) is 0 Å². The SMILES string of the molecule is CCC[CH2][Sn]([Cl])([CH2]CCC)[CH2][C@@H]1CCC(=O)OC(c2ccccc2)(c2ccccc2)[C@@H]2OC(C)(C)O[C@H]2C(c2ccccc2)(c2ccccc2)OC1=O. The third-order valence-electron chi connectivity index (χ3n) is 10.8. The molecular formula is C45H53ClO6Sn. The number of ether oxygens (including phenoxy) is 4. The quantitative estimate of drug-likeness (QED) is 0.105. The number of cyclic esters (lactones) is 2. The summed E-state index contributed by atoms with van der Waals surface area (Å²) in [6.45, 7) is 8.08. The summed E-state index contributed by atoms with van der Waals surface area (Å²) in [6.07, 6.45) is 2.48. The fourth-order valence-electron chi connectivity index (χ4n) is 8.27. The fraction of sp³-hybridized carbons (Fsp3) is 0.422. The molecule has 0 N–H and O–H groups in total. The molecule has 0 bridgehead atoms. The Morgan fingerprint density at radius 3 is 1.38 bits per heavy atom. The van der Waals surface area contributed by atoms with Crippen LogP contribution in [0.4, 0.5) is 0 Å². The maximum absolute atomic E-state index is 15.2. The van der Waals surface area contributed by atoms with Crippen molar-refractivity contribution >= 4 is 38.1 Å². The molecule has 0 aromatic heterocycles. The molecule has 4 aromatic carbocycles. The average Bonchev–Trinajstić information content (AvgIpc) is 3.52. The van der Waals surface area contributed by atoms with Crippen molar-refractivity contribution in [1.29, 1.82) is 0 Å². The Morgan fingerprint density at radius 2 is 1.00 bits per heavy atom. The molecule has 0 radical (unpaired) electrons. The monoisotopic (exact) mass is 844 g/mol. The van der Waals surface area contributed by atoms with Gasteiger partial charge in [0.2, 0.25) is 0 Å². The van der Waals surface area contributed by atoms with Gasteiger partial charge >= 0.3 is 325 Å². The van der Waals surface area contributed by atoms with Crippen molar-refractivity contribution in [2.75, 3.05) is 0 Å². The van der Waals surface area contributed by atoms with Crippen molar-refractivity contribution < 1.29 is 28.5 Å². The first-order valence-electron chi connectivity index (χ1n) is 19.3. The van der Waals surface area contributed by atoms with Crippen molar-refractivity contribution in [3.63, 3.8) is 0 Å². The van der Waals surface area contributed by atoms with Crippen LogP contribution in [0, 0.1) is 5.92 Å². The molecule has 0 spiro atoms. The van der Waals surface area contributed by atoms with Crippen molar-refractivity contribution in [2.24, 2.45) is 5.92 Å². The van der Waals surface area contributed by atoms with Gasteiger partial charge < -0.3 is 0 Å². The standard InChI is InChI=1S/C37H35O6.2C4H9.ClH.Sn/c1-26-24-25-31(38)40-36(27-16-8-4-9-17-27,28-18-10-5-11-19-28)32-33(42-35(2,3)41-32)37(43-34(26)39,29-20-12-6-13-21-29)30-22-14-7-15-23-30;2*1-3-4-2;;/h4-23,26,32-33H,1,24-25H2,2-3H3;2*1,3-4H2,2H3;1H;/q;;;;+1/p-1/t26-,32-,33-;;;;/m1..../s1. The Hall–Kier alpha value is -3.17. The summed E-state index contributed by atoms with van der Waals surface area (Å²) in [4.78, 5) is 29.7. The van der Waals surface area contributed by atoms with E-state index in [1.54, 1.807) is 0 Å². The Kier molecular flexibility index (Phi) is 12.7. The first-order chi connectivity index (χ1) is 25.6. The van der Waals surface area contributed by atoms with Gasteiger partial charge in [0, 0.05) is 0 Å². The van der Waals surface area contributed by atoms with Crippen LogP contribution in [0.25, 0.3) is 0 Å². The van der Waals surface area contributed by atoms with Gasteiger partial charge in [0.1, 0.15) is 0 Å². The van der Waals surface area contributed by atoms with Gasteiger partial charge in [-0.2, -0.15) is 0 Å². The predicted octanol–water partition coefficient (Wildman–Crippen LogP) is 10.7. The normalized spacial score (nSPS) is 22.5. The Morgan fingerprint density at radius 1 is 0.623 bits per heavy atom. The van der Waals surface area contributed by atoms with E-state index in [-0.39, 0.29) is 18.8 Å². The second-order valence-corrected chi connectivity index (χ2v) is 31.1. The third kappa shape index (κ3) is 8.41. The van der Waals surface area contributed by atoms with E-state index in [9.17, 15) is 4.79 Å².